The quantitative estimate of drug-likeness (QED) is 0.121. The normalized spacial score (nSPS) is 12.9. The second kappa shape index (κ2) is 19.0. The lowest BCUT2D eigenvalue weighted by Crippen LogP contribution is -2.17. The summed E-state index contributed by atoms with van der Waals surface area (Å²) >= 11 is 0. The predicted octanol–water partition coefficient (Wildman–Crippen LogP) is 18.7. The second-order valence-corrected chi connectivity index (χ2v) is 18.1. The molecule has 0 aromatic heterocycles. The highest BCUT2D eigenvalue weighted by molar-refractivity contribution is 5.91. The van der Waals surface area contributed by atoms with Gasteiger partial charge in [-0.1, -0.05) is 127 Å². The van der Waals surface area contributed by atoms with Crippen molar-refractivity contribution in [1.82, 2.24) is 0 Å². The Kier molecular flexibility index (Phi) is 11.6. The second-order valence-electron chi connectivity index (χ2n) is 18.1. The molecule has 336 valence electrons. The van der Waals surface area contributed by atoms with Gasteiger partial charge in [0.25, 0.3) is 0 Å². The first kappa shape index (κ1) is 42.5. The minimum absolute atomic E-state index is 1.02. The zero-order valence-electron chi connectivity index (χ0n) is 39.0. The average molecular weight is 901 g/mol. The van der Waals surface area contributed by atoms with Crippen LogP contribution in [-0.4, -0.2) is 0 Å². The Morgan fingerprint density at radius 1 is 0.257 bits per heavy atom. The van der Waals surface area contributed by atoms with E-state index in [1.165, 1.54) is 38.4 Å². The van der Waals surface area contributed by atoms with Gasteiger partial charge in [0.2, 0.25) is 0 Å². The Bertz CT molecular complexity index is 3540. The van der Waals surface area contributed by atoms with Crippen molar-refractivity contribution in [1.29, 1.82) is 0 Å². The minimum atomic E-state index is 1.02. The molecular weight excluding hydrogens is 849 g/mol. The lowest BCUT2D eigenvalue weighted by molar-refractivity contribution is 0.984. The van der Waals surface area contributed by atoms with E-state index in [1.807, 2.05) is 0 Å². The third-order valence-corrected chi connectivity index (χ3v) is 13.6. The van der Waals surface area contributed by atoms with Gasteiger partial charge in [-0.25, -0.2) is 0 Å². The van der Waals surface area contributed by atoms with Gasteiger partial charge >= 0.3 is 0 Å². The van der Waals surface area contributed by atoms with Gasteiger partial charge in [0.15, 0.2) is 0 Å². The van der Waals surface area contributed by atoms with Crippen molar-refractivity contribution in [3.63, 3.8) is 0 Å². The van der Waals surface area contributed by atoms with Crippen molar-refractivity contribution in [3.8, 4) is 0 Å². The molecule has 0 saturated heterocycles. The summed E-state index contributed by atoms with van der Waals surface area (Å²) in [6.45, 7) is 0. The van der Waals surface area contributed by atoms with E-state index in [1.54, 1.807) is 0 Å². The summed E-state index contributed by atoms with van der Waals surface area (Å²) in [6, 6.07) is 86.0. The van der Waals surface area contributed by atoms with Gasteiger partial charge in [0, 0.05) is 68.3 Å². The Morgan fingerprint density at radius 2 is 0.629 bits per heavy atom. The molecule has 0 fully saturated rings. The lowest BCUT2D eigenvalue weighted by atomic mass is 9.96. The Labute approximate surface area is 411 Å². The van der Waals surface area contributed by atoms with E-state index in [0.717, 1.165) is 88.2 Å². The number of anilines is 11. The van der Waals surface area contributed by atoms with Gasteiger partial charge in [-0.15, -0.1) is 0 Å². The van der Waals surface area contributed by atoms with E-state index in [0.29, 0.717) is 0 Å². The SMILES string of the molecule is C1=CC(N(c2ccc(N(c3ccc(N(c4ccccc4)c4ccc5c(c4)CCC=C5)cc3)c3ccc(N(c4ccccc4)c4ccc5ccccc5c4)cc3)cc2)c2ccc3ccccc3c2)=CCC1. The molecule has 12 rings (SSSR count). The molecule has 4 heteroatoms. The smallest absolute Gasteiger partial charge is 0.0468 e. The molecule has 10 aromatic carbocycles. The van der Waals surface area contributed by atoms with Crippen molar-refractivity contribution < 1.29 is 0 Å². The maximum absolute atomic E-state index is 2.39. The third kappa shape index (κ3) is 8.52. The maximum Gasteiger partial charge on any atom is 0.0468 e. The van der Waals surface area contributed by atoms with Crippen LogP contribution in [0.5, 0.6) is 0 Å². The van der Waals surface area contributed by atoms with Gasteiger partial charge in [0.1, 0.15) is 0 Å². The fourth-order valence-corrected chi connectivity index (χ4v) is 10.2. The molecule has 2 aliphatic carbocycles. The van der Waals surface area contributed by atoms with Crippen LogP contribution in [0.1, 0.15) is 30.4 Å². The van der Waals surface area contributed by atoms with E-state index in [-0.39, 0.29) is 0 Å². The summed E-state index contributed by atoms with van der Waals surface area (Å²) < 4.78 is 0. The summed E-state index contributed by atoms with van der Waals surface area (Å²) in [7, 11) is 0. The molecule has 70 heavy (non-hydrogen) atoms. The van der Waals surface area contributed by atoms with Crippen LogP contribution in [0.25, 0.3) is 27.6 Å². The number of hydrogen-bond donors (Lipinski definition) is 0. The first-order valence-corrected chi connectivity index (χ1v) is 24.4. The van der Waals surface area contributed by atoms with E-state index in [4.69, 9.17) is 0 Å². The minimum Gasteiger partial charge on any atom is -0.311 e. The Morgan fingerprint density at radius 3 is 1.11 bits per heavy atom. The van der Waals surface area contributed by atoms with Crippen LogP contribution >= 0.6 is 0 Å². The van der Waals surface area contributed by atoms with Crippen molar-refractivity contribution >= 4 is 90.2 Å². The summed E-state index contributed by atoms with van der Waals surface area (Å²) in [5, 5.41) is 4.89. The average Bonchev–Trinajstić information content (AvgIpc) is 3.43. The fourth-order valence-electron chi connectivity index (χ4n) is 10.2. The number of benzene rings is 10. The van der Waals surface area contributed by atoms with E-state index < -0.39 is 0 Å². The molecule has 0 atom stereocenters. The third-order valence-electron chi connectivity index (χ3n) is 13.6. The summed E-state index contributed by atoms with van der Waals surface area (Å²) in [4.78, 5) is 9.48. The molecule has 4 nitrogen and oxygen atoms in total. The molecular formula is C66H52N4. The molecule has 0 aliphatic heterocycles. The van der Waals surface area contributed by atoms with Crippen LogP contribution in [0.15, 0.2) is 267 Å². The molecule has 2 aliphatic rings. The summed E-state index contributed by atoms with van der Waals surface area (Å²) in [6.07, 6.45) is 15.6. The van der Waals surface area contributed by atoms with Crippen LogP contribution in [-0.2, 0) is 6.42 Å². The molecule has 0 saturated carbocycles. The van der Waals surface area contributed by atoms with Crippen molar-refractivity contribution in [2.75, 3.05) is 19.6 Å². The zero-order valence-corrected chi connectivity index (χ0v) is 39.0. The van der Waals surface area contributed by atoms with Gasteiger partial charge in [-0.05, 0) is 198 Å². The van der Waals surface area contributed by atoms with Gasteiger partial charge in [-0.3, -0.25) is 0 Å². The van der Waals surface area contributed by atoms with Gasteiger partial charge in [-0.2, -0.15) is 0 Å². The molecule has 0 radical (unpaired) electrons. The molecule has 10 aromatic rings. The predicted molar refractivity (Wildman–Crippen MR) is 298 cm³/mol. The molecule has 0 spiro atoms. The zero-order chi connectivity index (χ0) is 46.6. The van der Waals surface area contributed by atoms with Crippen LogP contribution in [0.4, 0.5) is 62.6 Å². The van der Waals surface area contributed by atoms with Crippen molar-refractivity contribution in [2.24, 2.45) is 0 Å². The van der Waals surface area contributed by atoms with Crippen LogP contribution in [0, 0.1) is 0 Å². The van der Waals surface area contributed by atoms with E-state index >= 15 is 0 Å². The number of rotatable bonds is 12. The first-order chi connectivity index (χ1) is 34.7. The fraction of sp³-hybridized carbons (Fsp3) is 0.0606. The standard InChI is InChI=1S/C66H52N4/c1-4-22-55(23-5-1)68(64-31-28-49-16-10-13-19-52(49)46-64)61-40-34-58(35-41-61)67(59-36-42-62(43-37-59)69(56-24-6-2-7-25-56)65-32-29-50-17-11-14-20-53(50)47-65)60-38-44-63(45-39-60)70(57-26-8-3-9-27-57)66-33-30-51-18-12-15-21-54(51)48-66/h1-2,4-8,10-13,15-19,21-48H,3,9,14,20H2. The molecule has 0 bridgehead atoms. The monoisotopic (exact) mass is 900 g/mol. The molecule has 0 heterocycles. The molecule has 0 amide bonds. The van der Waals surface area contributed by atoms with Gasteiger partial charge in [0.05, 0.1) is 0 Å². The first-order valence-electron chi connectivity index (χ1n) is 24.4. The molecule has 0 unspecified atom stereocenters. The largest absolute Gasteiger partial charge is 0.311 e. The van der Waals surface area contributed by atoms with Crippen molar-refractivity contribution in [3.05, 3.63) is 278 Å². The maximum atomic E-state index is 2.39. The number of fused-ring (bicyclic) bond motifs is 3. The van der Waals surface area contributed by atoms with Gasteiger partial charge < -0.3 is 19.6 Å². The number of aryl methyl sites for hydroxylation is 1. The Hall–Kier alpha value is -8.86. The topological polar surface area (TPSA) is 13.0 Å². The van der Waals surface area contributed by atoms with Crippen LogP contribution < -0.4 is 19.6 Å². The number of hydrogen-bond acceptors (Lipinski definition) is 4. The van der Waals surface area contributed by atoms with E-state index in [9.17, 15) is 0 Å². The Balaban J connectivity index is 0.954. The lowest BCUT2D eigenvalue weighted by Gasteiger charge is -2.31. The number of allylic oxidation sites excluding steroid dienone is 4. The van der Waals surface area contributed by atoms with Crippen LogP contribution in [0.2, 0.25) is 0 Å². The molecule has 0 N–H and O–H groups in total. The highest BCUT2D eigenvalue weighted by Crippen LogP contribution is 2.43. The summed E-state index contributed by atoms with van der Waals surface area (Å²) in [5.41, 5.74) is 16.0. The highest BCUT2D eigenvalue weighted by atomic mass is 15.2. The summed E-state index contributed by atoms with van der Waals surface area (Å²) in [5.74, 6) is 0. The van der Waals surface area contributed by atoms with Crippen molar-refractivity contribution in [2.45, 2.75) is 25.7 Å². The highest BCUT2D eigenvalue weighted by Gasteiger charge is 2.21. The number of para-hydroxylation sites is 2. The number of nitrogens with zero attached hydrogens (tertiary/aromatic N) is 4. The van der Waals surface area contributed by atoms with E-state index in [2.05, 4.69) is 287 Å². The van der Waals surface area contributed by atoms with Crippen LogP contribution in [0.3, 0.4) is 0 Å².